The number of sulfone groups is 1. The zero-order valence-electron chi connectivity index (χ0n) is 12.0. The van der Waals surface area contributed by atoms with Gasteiger partial charge in [0.05, 0.1) is 15.9 Å². The number of halogens is 2. The van der Waals surface area contributed by atoms with E-state index in [1.54, 1.807) is 36.4 Å². The van der Waals surface area contributed by atoms with Gasteiger partial charge in [-0.25, -0.2) is 18.4 Å². The van der Waals surface area contributed by atoms with Crippen molar-refractivity contribution < 1.29 is 8.42 Å². The first-order chi connectivity index (χ1) is 11.4. The van der Waals surface area contributed by atoms with E-state index in [4.69, 9.17) is 17.0 Å². The van der Waals surface area contributed by atoms with Crippen LogP contribution in [0.25, 0.3) is 15.9 Å². The molecule has 3 rings (SSSR count). The Hall–Kier alpha value is -2.05. The van der Waals surface area contributed by atoms with E-state index < -0.39 is 14.7 Å². The third-order valence-corrected chi connectivity index (χ3v) is 5.77. The summed E-state index contributed by atoms with van der Waals surface area (Å²) in [5, 5.41) is 7.35. The van der Waals surface area contributed by atoms with Crippen LogP contribution < -0.4 is 0 Å². The molecule has 0 aliphatic carbocycles. The molecule has 3 aromatic rings. The van der Waals surface area contributed by atoms with Crippen LogP contribution in [0.4, 0.5) is 0 Å². The van der Waals surface area contributed by atoms with E-state index in [-0.39, 0.29) is 15.7 Å². The fraction of sp³-hybridized carbons (Fsp3) is 0. The monoisotopic (exact) mass is 421 g/mol. The lowest BCUT2D eigenvalue weighted by atomic mass is 10.3. The van der Waals surface area contributed by atoms with Crippen LogP contribution in [0.2, 0.25) is 5.15 Å². The molecule has 0 bridgehead atoms. The van der Waals surface area contributed by atoms with Gasteiger partial charge in [0.2, 0.25) is 9.84 Å². The van der Waals surface area contributed by atoms with E-state index in [0.717, 1.165) is 4.47 Å². The minimum Gasteiger partial charge on any atom is -0.258 e. The first kappa shape index (κ1) is 16.8. The van der Waals surface area contributed by atoms with Crippen molar-refractivity contribution in [2.45, 2.75) is 4.90 Å². The molecule has 0 radical (unpaired) electrons. The number of para-hydroxylation sites is 2. The summed E-state index contributed by atoms with van der Waals surface area (Å²) in [7, 11) is -4.00. The molecule has 0 atom stereocenters. The van der Waals surface area contributed by atoms with E-state index in [1.807, 2.05) is 5.87 Å². The van der Waals surface area contributed by atoms with Gasteiger partial charge in [-0.05, 0) is 36.4 Å². The predicted octanol–water partition coefficient (Wildman–Crippen LogP) is 4.11. The summed E-state index contributed by atoms with van der Waals surface area (Å²) >= 11 is 9.36. The van der Waals surface area contributed by atoms with Crippen molar-refractivity contribution in [2.75, 3.05) is 0 Å². The molecular formula is C16H9BrClN3O2S. The van der Waals surface area contributed by atoms with Crippen LogP contribution in [0, 0.1) is 5.41 Å². The number of nitrogens with one attached hydrogen (secondary N) is 1. The Morgan fingerprint density at radius 2 is 1.62 bits per heavy atom. The Bertz CT molecular complexity index is 1090. The summed E-state index contributed by atoms with van der Waals surface area (Å²) in [6.45, 7) is 0. The van der Waals surface area contributed by atoms with Crippen LogP contribution in [0.15, 0.2) is 57.9 Å². The first-order valence-electron chi connectivity index (χ1n) is 6.66. The molecule has 0 amide bonds. The Kier molecular flexibility index (Phi) is 4.51. The summed E-state index contributed by atoms with van der Waals surface area (Å²) < 4.78 is 26.3. The summed E-state index contributed by atoms with van der Waals surface area (Å²) in [5.41, 5.74) is 0.931. The molecule has 24 heavy (non-hydrogen) atoms. The van der Waals surface area contributed by atoms with E-state index in [9.17, 15) is 8.42 Å². The van der Waals surface area contributed by atoms with Gasteiger partial charge in [0.15, 0.2) is 10.1 Å². The Labute approximate surface area is 151 Å². The van der Waals surface area contributed by atoms with Crippen molar-refractivity contribution in [3.8, 4) is 0 Å². The quantitative estimate of drug-likeness (QED) is 0.644. The van der Waals surface area contributed by atoms with Crippen LogP contribution in [-0.4, -0.2) is 24.3 Å². The maximum atomic E-state index is 12.8. The Morgan fingerprint density at radius 1 is 1.04 bits per heavy atom. The van der Waals surface area contributed by atoms with Crippen molar-refractivity contribution in [3.63, 3.8) is 0 Å². The molecule has 0 aliphatic heterocycles. The van der Waals surface area contributed by atoms with E-state index >= 15 is 0 Å². The van der Waals surface area contributed by atoms with Crippen molar-refractivity contribution in [2.24, 2.45) is 0 Å². The molecule has 0 spiro atoms. The van der Waals surface area contributed by atoms with Gasteiger partial charge in [-0.15, -0.1) is 0 Å². The average molecular weight is 423 g/mol. The smallest absolute Gasteiger partial charge is 0.217 e. The maximum Gasteiger partial charge on any atom is 0.217 e. The number of hydrogen-bond acceptors (Lipinski definition) is 5. The molecule has 0 aliphatic rings. The molecule has 120 valence electrons. The molecular weight excluding hydrogens is 414 g/mol. The molecule has 8 heteroatoms. The highest BCUT2D eigenvalue weighted by molar-refractivity contribution is 9.10. The lowest BCUT2D eigenvalue weighted by Gasteiger charge is -2.09. The molecule has 1 N–H and O–H groups in total. The minimum atomic E-state index is -4.00. The van der Waals surface area contributed by atoms with Gasteiger partial charge in [0, 0.05) is 10.3 Å². The molecule has 1 heterocycles. The topological polar surface area (TPSA) is 83.8 Å². The zero-order chi connectivity index (χ0) is 17.3. The number of hydrogen-bond donors (Lipinski definition) is 1. The molecule has 5 nitrogen and oxygen atoms in total. The summed E-state index contributed by atoms with van der Waals surface area (Å²) in [6.07, 6.45) is 0. The largest absolute Gasteiger partial charge is 0.258 e. The molecule has 0 saturated heterocycles. The van der Waals surface area contributed by atoms with Crippen LogP contribution >= 0.6 is 27.5 Å². The van der Waals surface area contributed by atoms with Gasteiger partial charge < -0.3 is 0 Å². The van der Waals surface area contributed by atoms with Crippen LogP contribution in [-0.2, 0) is 9.84 Å². The van der Waals surface area contributed by atoms with Crippen LogP contribution in [0.1, 0.15) is 5.69 Å². The Morgan fingerprint density at radius 3 is 2.21 bits per heavy atom. The van der Waals surface area contributed by atoms with Gasteiger partial charge in [0.25, 0.3) is 0 Å². The van der Waals surface area contributed by atoms with Gasteiger partial charge >= 0.3 is 0 Å². The van der Waals surface area contributed by atoms with Gasteiger partial charge in [-0.1, -0.05) is 39.7 Å². The zero-order valence-corrected chi connectivity index (χ0v) is 15.2. The highest BCUT2D eigenvalue weighted by atomic mass is 79.9. The fourth-order valence-corrected chi connectivity index (χ4v) is 3.92. The highest BCUT2D eigenvalue weighted by Gasteiger charge is 2.27. The average Bonchev–Trinajstić information content (AvgIpc) is 2.56. The SMILES string of the molecule is N=C=C(c1nc2ccccc2nc1Cl)S(=O)(=O)c1ccc(Br)cc1. The van der Waals surface area contributed by atoms with Gasteiger partial charge in [-0.3, -0.25) is 5.41 Å². The third kappa shape index (κ3) is 2.99. The van der Waals surface area contributed by atoms with Gasteiger partial charge in [-0.2, -0.15) is 0 Å². The van der Waals surface area contributed by atoms with E-state index in [2.05, 4.69) is 25.9 Å². The first-order valence-corrected chi connectivity index (χ1v) is 9.32. The lowest BCUT2D eigenvalue weighted by Crippen LogP contribution is -2.08. The third-order valence-electron chi connectivity index (χ3n) is 3.25. The van der Waals surface area contributed by atoms with Crippen molar-refractivity contribution in [3.05, 3.63) is 63.9 Å². The number of fused-ring (bicyclic) bond motifs is 1. The fourth-order valence-electron chi connectivity index (χ4n) is 2.11. The number of aromatic nitrogens is 2. The van der Waals surface area contributed by atoms with Gasteiger partial charge in [0.1, 0.15) is 5.69 Å². The molecule has 1 aromatic heterocycles. The summed E-state index contributed by atoms with van der Waals surface area (Å²) in [5.74, 6) is 1.96. The molecule has 2 aromatic carbocycles. The summed E-state index contributed by atoms with van der Waals surface area (Å²) in [4.78, 5) is 8.00. The number of rotatable bonds is 3. The molecule has 0 unspecified atom stereocenters. The standard InChI is InChI=1S/C16H9BrClN3O2S/c17-10-5-7-11(8-6-10)24(22,23)14(9-19)15-16(18)21-13-4-2-1-3-12(13)20-15/h1-8,19H. The second kappa shape index (κ2) is 6.45. The van der Waals surface area contributed by atoms with Crippen LogP contribution in [0.3, 0.4) is 0 Å². The van der Waals surface area contributed by atoms with Crippen molar-refractivity contribution in [1.29, 1.82) is 5.41 Å². The van der Waals surface area contributed by atoms with E-state index in [1.165, 1.54) is 12.1 Å². The summed E-state index contributed by atoms with van der Waals surface area (Å²) in [6, 6.07) is 13.0. The number of nitrogens with zero attached hydrogens (tertiary/aromatic N) is 2. The lowest BCUT2D eigenvalue weighted by molar-refractivity contribution is 0.606. The normalized spacial score (nSPS) is 11.2. The molecule has 0 saturated carbocycles. The second-order valence-electron chi connectivity index (χ2n) is 4.76. The predicted molar refractivity (Wildman–Crippen MR) is 97.0 cm³/mol. The van der Waals surface area contributed by atoms with Crippen molar-refractivity contribution in [1.82, 2.24) is 9.97 Å². The van der Waals surface area contributed by atoms with Crippen molar-refractivity contribution >= 4 is 59.2 Å². The van der Waals surface area contributed by atoms with E-state index in [0.29, 0.717) is 11.0 Å². The number of benzene rings is 2. The maximum absolute atomic E-state index is 12.8. The van der Waals surface area contributed by atoms with Crippen LogP contribution in [0.5, 0.6) is 0 Å². The second-order valence-corrected chi connectivity index (χ2v) is 7.92. The highest BCUT2D eigenvalue weighted by Crippen LogP contribution is 2.30. The minimum absolute atomic E-state index is 0.0199. The Balaban J connectivity index is 2.21. The molecule has 0 fully saturated rings.